The largest absolute Gasteiger partial charge is 0.461 e. The van der Waals surface area contributed by atoms with Gasteiger partial charge in [-0.3, -0.25) is 0 Å². The van der Waals surface area contributed by atoms with Gasteiger partial charge in [0.1, 0.15) is 24.3 Å². The summed E-state index contributed by atoms with van der Waals surface area (Å²) in [5.74, 6) is -0.995. The van der Waals surface area contributed by atoms with E-state index in [0.717, 1.165) is 16.7 Å². The molecule has 0 radical (unpaired) electrons. The van der Waals surface area contributed by atoms with Gasteiger partial charge in [-0.2, -0.15) is 0 Å². The topological polar surface area (TPSA) is 82.1 Å². The molecular formula is C28H28O6S. The molecule has 0 aliphatic carbocycles. The lowest BCUT2D eigenvalue weighted by atomic mass is 10.1. The fourth-order valence-corrected chi connectivity index (χ4v) is 5.00. The number of carbonyl (C=O) groups excluding carboxylic acids is 2. The van der Waals surface area contributed by atoms with E-state index >= 15 is 0 Å². The monoisotopic (exact) mass is 492 g/mol. The van der Waals surface area contributed by atoms with Crippen LogP contribution in [0.25, 0.3) is 0 Å². The second kappa shape index (κ2) is 11.5. The Morgan fingerprint density at radius 3 is 1.97 bits per heavy atom. The number of aryl methyl sites for hydroxylation is 2. The number of carbonyl (C=O) groups is 2. The minimum absolute atomic E-state index is 0.0362. The van der Waals surface area contributed by atoms with Gasteiger partial charge >= 0.3 is 11.9 Å². The first-order chi connectivity index (χ1) is 16.9. The zero-order chi connectivity index (χ0) is 24.8. The normalized spacial score (nSPS) is 21.5. The molecule has 1 N–H and O–H groups in total. The molecule has 7 heteroatoms. The Labute approximate surface area is 209 Å². The predicted molar refractivity (Wildman–Crippen MR) is 134 cm³/mol. The first kappa shape index (κ1) is 25.0. The maximum atomic E-state index is 12.9. The molecule has 1 saturated heterocycles. The van der Waals surface area contributed by atoms with Gasteiger partial charge in [-0.05, 0) is 43.7 Å². The van der Waals surface area contributed by atoms with E-state index in [0.29, 0.717) is 11.1 Å². The second-order valence-electron chi connectivity index (χ2n) is 8.53. The van der Waals surface area contributed by atoms with E-state index in [-0.39, 0.29) is 13.2 Å². The van der Waals surface area contributed by atoms with Gasteiger partial charge in [0.25, 0.3) is 0 Å². The average Bonchev–Trinajstić information content (AvgIpc) is 3.16. The molecule has 1 aliphatic heterocycles. The third kappa shape index (κ3) is 6.51. The van der Waals surface area contributed by atoms with Gasteiger partial charge in [0.2, 0.25) is 0 Å². The van der Waals surface area contributed by atoms with Crippen molar-refractivity contribution in [2.75, 3.05) is 6.61 Å². The van der Waals surface area contributed by atoms with Crippen molar-refractivity contribution in [1.29, 1.82) is 0 Å². The summed E-state index contributed by atoms with van der Waals surface area (Å²) in [6, 6.07) is 23.7. The molecule has 0 amide bonds. The van der Waals surface area contributed by atoms with Crippen molar-refractivity contribution < 1.29 is 28.9 Å². The molecular weight excluding hydrogens is 464 g/mol. The van der Waals surface area contributed by atoms with Crippen molar-refractivity contribution >= 4 is 23.7 Å². The molecule has 3 aromatic carbocycles. The van der Waals surface area contributed by atoms with Crippen LogP contribution in [0, 0.1) is 13.8 Å². The lowest BCUT2D eigenvalue weighted by Crippen LogP contribution is -2.40. The van der Waals surface area contributed by atoms with E-state index < -0.39 is 34.8 Å². The summed E-state index contributed by atoms with van der Waals surface area (Å²) < 4.78 is 17.4. The van der Waals surface area contributed by atoms with Crippen LogP contribution in [-0.2, 0) is 20.8 Å². The quantitative estimate of drug-likeness (QED) is 0.456. The van der Waals surface area contributed by atoms with Gasteiger partial charge in [-0.15, -0.1) is 11.8 Å². The molecule has 1 heterocycles. The van der Waals surface area contributed by atoms with Crippen LogP contribution < -0.4 is 0 Å². The maximum absolute atomic E-state index is 12.9. The summed E-state index contributed by atoms with van der Waals surface area (Å²) in [5, 5.41) is 10.3. The number of hydrogen-bond donors (Lipinski definition) is 1. The Balaban J connectivity index is 1.47. The Morgan fingerprint density at radius 1 is 0.800 bits per heavy atom. The van der Waals surface area contributed by atoms with E-state index in [9.17, 15) is 14.7 Å². The highest BCUT2D eigenvalue weighted by Crippen LogP contribution is 2.38. The molecule has 4 atom stereocenters. The number of rotatable bonds is 8. The molecule has 1 aliphatic rings. The Hall–Kier alpha value is -3.13. The average molecular weight is 493 g/mol. The molecule has 0 spiro atoms. The highest BCUT2D eigenvalue weighted by Gasteiger charge is 2.47. The maximum Gasteiger partial charge on any atom is 0.338 e. The van der Waals surface area contributed by atoms with Crippen LogP contribution in [0.4, 0.5) is 0 Å². The van der Waals surface area contributed by atoms with E-state index in [4.69, 9.17) is 14.2 Å². The standard InChI is InChI=1S/C28H28O6S/c1-18-8-12-21(13-9-18)26(29)33-17-23-24(34-27(30)22-14-10-19(2)11-15-22)25(28(31)35-23)32-16-20-6-4-3-5-7-20/h3-15,23-25,28,31H,16-17H2,1-2H3/t23-,24-,25?,28?/m1/s1. The first-order valence-corrected chi connectivity index (χ1v) is 12.4. The minimum atomic E-state index is -0.947. The molecule has 1 fully saturated rings. The highest BCUT2D eigenvalue weighted by atomic mass is 32.2. The van der Waals surface area contributed by atoms with Crippen molar-refractivity contribution in [3.05, 3.63) is 107 Å². The molecule has 182 valence electrons. The Bertz CT molecular complexity index is 1130. The van der Waals surface area contributed by atoms with Gasteiger partial charge in [0, 0.05) is 0 Å². The van der Waals surface area contributed by atoms with Crippen molar-refractivity contribution in [2.24, 2.45) is 0 Å². The smallest absolute Gasteiger partial charge is 0.338 e. The van der Waals surface area contributed by atoms with Crippen LogP contribution >= 0.6 is 11.8 Å². The van der Waals surface area contributed by atoms with Crippen molar-refractivity contribution in [2.45, 2.75) is 43.3 Å². The Kier molecular flexibility index (Phi) is 8.23. The fourth-order valence-electron chi connectivity index (χ4n) is 3.74. The molecule has 6 nitrogen and oxygen atoms in total. The molecule has 0 bridgehead atoms. The van der Waals surface area contributed by atoms with Gasteiger partial charge in [-0.25, -0.2) is 9.59 Å². The molecule has 4 rings (SSSR count). The van der Waals surface area contributed by atoms with Crippen LogP contribution in [0.2, 0.25) is 0 Å². The van der Waals surface area contributed by atoms with Crippen LogP contribution in [0.15, 0.2) is 78.9 Å². The van der Waals surface area contributed by atoms with Gasteiger partial charge < -0.3 is 19.3 Å². The van der Waals surface area contributed by atoms with E-state index in [1.54, 1.807) is 24.3 Å². The summed E-state index contributed by atoms with van der Waals surface area (Å²) in [6.07, 6.45) is -1.59. The Morgan fingerprint density at radius 2 is 1.37 bits per heavy atom. The SMILES string of the molecule is Cc1ccc(C(=O)OC[C@H]2SC(O)C(OCc3ccccc3)[C@@H]2OC(=O)c2ccc(C)cc2)cc1. The summed E-state index contributed by atoms with van der Waals surface area (Å²) >= 11 is 1.17. The number of esters is 2. The van der Waals surface area contributed by atoms with Crippen LogP contribution in [0.5, 0.6) is 0 Å². The lowest BCUT2D eigenvalue weighted by Gasteiger charge is -2.25. The highest BCUT2D eigenvalue weighted by molar-refractivity contribution is 8.00. The number of aliphatic hydroxyl groups excluding tert-OH is 1. The molecule has 0 aromatic heterocycles. The van der Waals surface area contributed by atoms with Crippen molar-refractivity contribution in [3.8, 4) is 0 Å². The lowest BCUT2D eigenvalue weighted by molar-refractivity contribution is -0.0821. The van der Waals surface area contributed by atoms with Crippen molar-refractivity contribution in [1.82, 2.24) is 0 Å². The number of aliphatic hydroxyl groups is 1. The second-order valence-corrected chi connectivity index (χ2v) is 9.89. The molecule has 3 aromatic rings. The van der Waals surface area contributed by atoms with Crippen molar-refractivity contribution in [3.63, 3.8) is 0 Å². The third-order valence-electron chi connectivity index (χ3n) is 5.77. The zero-order valence-corrected chi connectivity index (χ0v) is 20.4. The fraction of sp³-hybridized carbons (Fsp3) is 0.286. The van der Waals surface area contributed by atoms with Crippen LogP contribution in [0.1, 0.15) is 37.4 Å². The molecule has 35 heavy (non-hydrogen) atoms. The van der Waals surface area contributed by atoms with Gasteiger partial charge in [0.15, 0.2) is 0 Å². The van der Waals surface area contributed by atoms with E-state index in [2.05, 4.69) is 0 Å². The van der Waals surface area contributed by atoms with E-state index in [1.165, 1.54) is 11.8 Å². The van der Waals surface area contributed by atoms with Crippen LogP contribution in [0.3, 0.4) is 0 Å². The molecule has 2 unspecified atom stereocenters. The predicted octanol–water partition coefficient (Wildman–Crippen LogP) is 4.71. The van der Waals surface area contributed by atoms with Crippen LogP contribution in [-0.4, -0.2) is 46.5 Å². The first-order valence-electron chi connectivity index (χ1n) is 11.4. The zero-order valence-electron chi connectivity index (χ0n) is 19.6. The number of hydrogen-bond acceptors (Lipinski definition) is 7. The summed E-state index contributed by atoms with van der Waals surface area (Å²) in [6.45, 7) is 4.09. The summed E-state index contributed by atoms with van der Waals surface area (Å²) in [5.41, 5.74) is 2.89. The number of thioether (sulfide) groups is 1. The van der Waals surface area contributed by atoms with E-state index in [1.807, 2.05) is 68.4 Å². The molecule has 0 saturated carbocycles. The van der Waals surface area contributed by atoms with Gasteiger partial charge in [-0.1, -0.05) is 65.7 Å². The third-order valence-corrected chi connectivity index (χ3v) is 7.07. The van der Waals surface area contributed by atoms with Gasteiger partial charge in [0.05, 0.1) is 23.0 Å². The number of ether oxygens (including phenoxy) is 3. The number of benzene rings is 3. The summed E-state index contributed by atoms with van der Waals surface area (Å²) in [7, 11) is 0. The summed E-state index contributed by atoms with van der Waals surface area (Å²) in [4.78, 5) is 25.4. The minimum Gasteiger partial charge on any atom is -0.461 e.